The summed E-state index contributed by atoms with van der Waals surface area (Å²) in [6.45, 7) is 8.45. The summed E-state index contributed by atoms with van der Waals surface area (Å²) in [5.41, 5.74) is 0.211. The van der Waals surface area contributed by atoms with Gasteiger partial charge in [-0.15, -0.1) is 0 Å². The van der Waals surface area contributed by atoms with E-state index in [0.717, 1.165) is 38.8 Å². The van der Waals surface area contributed by atoms with Gasteiger partial charge in [-0.2, -0.15) is 0 Å². The van der Waals surface area contributed by atoms with Gasteiger partial charge in [0.05, 0.1) is 5.41 Å². The third-order valence-corrected chi connectivity index (χ3v) is 4.27. The fourth-order valence-electron chi connectivity index (χ4n) is 2.77. The number of rotatable bonds is 4. The lowest BCUT2D eigenvalue weighted by Crippen LogP contribution is -2.44. The van der Waals surface area contributed by atoms with Gasteiger partial charge in [-0.05, 0) is 31.2 Å². The maximum absolute atomic E-state index is 12.3. The summed E-state index contributed by atoms with van der Waals surface area (Å²) in [4.78, 5) is 12.3. The van der Waals surface area contributed by atoms with Gasteiger partial charge in [0.1, 0.15) is 0 Å². The average molecular weight is 224 g/mol. The number of amides is 1. The van der Waals surface area contributed by atoms with E-state index in [1.807, 2.05) is 0 Å². The van der Waals surface area contributed by atoms with Crippen molar-refractivity contribution in [1.82, 2.24) is 10.6 Å². The molecule has 0 aromatic carbocycles. The lowest BCUT2D eigenvalue weighted by atomic mass is 9.81. The topological polar surface area (TPSA) is 41.1 Å². The van der Waals surface area contributed by atoms with Crippen LogP contribution in [0.5, 0.6) is 0 Å². The van der Waals surface area contributed by atoms with Crippen LogP contribution < -0.4 is 10.6 Å². The van der Waals surface area contributed by atoms with Gasteiger partial charge in [-0.3, -0.25) is 4.79 Å². The Labute approximate surface area is 98.4 Å². The van der Waals surface area contributed by atoms with Crippen LogP contribution in [0.15, 0.2) is 0 Å². The molecule has 1 heterocycles. The maximum Gasteiger partial charge on any atom is 0.227 e. The van der Waals surface area contributed by atoms with Crippen LogP contribution in [0.4, 0.5) is 0 Å². The van der Waals surface area contributed by atoms with E-state index in [1.54, 1.807) is 0 Å². The van der Waals surface area contributed by atoms with Gasteiger partial charge >= 0.3 is 0 Å². The second kappa shape index (κ2) is 4.02. The van der Waals surface area contributed by atoms with Gasteiger partial charge in [0.2, 0.25) is 5.91 Å². The van der Waals surface area contributed by atoms with Gasteiger partial charge in [0.25, 0.3) is 0 Å². The van der Waals surface area contributed by atoms with E-state index >= 15 is 0 Å². The highest BCUT2D eigenvalue weighted by atomic mass is 16.2. The molecule has 2 fully saturated rings. The van der Waals surface area contributed by atoms with E-state index in [4.69, 9.17) is 0 Å². The summed E-state index contributed by atoms with van der Waals surface area (Å²) in [7, 11) is 0. The molecule has 1 saturated carbocycles. The molecule has 3 nitrogen and oxygen atoms in total. The monoisotopic (exact) mass is 224 g/mol. The first-order valence-corrected chi connectivity index (χ1v) is 6.52. The highest BCUT2D eigenvalue weighted by molar-refractivity contribution is 5.84. The largest absolute Gasteiger partial charge is 0.352 e. The lowest BCUT2D eigenvalue weighted by Gasteiger charge is -2.26. The van der Waals surface area contributed by atoms with Crippen LogP contribution in [-0.2, 0) is 4.79 Å². The van der Waals surface area contributed by atoms with Crippen LogP contribution in [0, 0.1) is 10.8 Å². The second-order valence-corrected chi connectivity index (χ2v) is 6.18. The Morgan fingerprint density at radius 1 is 1.50 bits per heavy atom. The third kappa shape index (κ3) is 2.10. The van der Waals surface area contributed by atoms with Crippen molar-refractivity contribution in [2.75, 3.05) is 13.1 Å². The van der Waals surface area contributed by atoms with Crippen molar-refractivity contribution >= 4 is 5.91 Å². The van der Waals surface area contributed by atoms with Gasteiger partial charge in [0, 0.05) is 12.6 Å². The normalized spacial score (nSPS) is 36.1. The van der Waals surface area contributed by atoms with Crippen molar-refractivity contribution in [3.05, 3.63) is 0 Å². The second-order valence-electron chi connectivity index (χ2n) is 6.18. The van der Waals surface area contributed by atoms with Crippen molar-refractivity contribution in [2.45, 2.75) is 52.5 Å². The van der Waals surface area contributed by atoms with E-state index in [1.165, 1.54) is 0 Å². The molecule has 1 aliphatic carbocycles. The van der Waals surface area contributed by atoms with Crippen LogP contribution in [0.3, 0.4) is 0 Å². The average Bonchev–Trinajstić information content (AvgIpc) is 2.67. The SMILES string of the molecule is CCCC1(C(=O)NC2CC2(C)C)CCNC1. The van der Waals surface area contributed by atoms with Crippen molar-refractivity contribution < 1.29 is 4.79 Å². The van der Waals surface area contributed by atoms with Crippen molar-refractivity contribution in [3.63, 3.8) is 0 Å². The van der Waals surface area contributed by atoms with E-state index in [2.05, 4.69) is 31.4 Å². The molecule has 1 aliphatic heterocycles. The lowest BCUT2D eigenvalue weighted by molar-refractivity contribution is -0.130. The summed E-state index contributed by atoms with van der Waals surface area (Å²) in [5, 5.41) is 6.57. The number of hydrogen-bond donors (Lipinski definition) is 2. The summed E-state index contributed by atoms with van der Waals surface area (Å²) < 4.78 is 0. The molecular weight excluding hydrogens is 200 g/mol. The van der Waals surface area contributed by atoms with Crippen LogP contribution in [0.1, 0.15) is 46.5 Å². The van der Waals surface area contributed by atoms with Crippen molar-refractivity contribution in [2.24, 2.45) is 10.8 Å². The molecule has 0 spiro atoms. The molecule has 2 rings (SSSR count). The van der Waals surface area contributed by atoms with E-state index in [0.29, 0.717) is 11.5 Å². The molecule has 0 aromatic rings. The summed E-state index contributed by atoms with van der Waals surface area (Å²) in [5.74, 6) is 0.287. The van der Waals surface area contributed by atoms with Crippen LogP contribution >= 0.6 is 0 Å². The molecule has 0 aromatic heterocycles. The number of carbonyl (C=O) groups is 1. The maximum atomic E-state index is 12.3. The standard InChI is InChI=1S/C13H24N2O/c1-4-5-13(6-7-14-9-13)11(16)15-10-8-12(10,2)3/h10,14H,4-9H2,1-3H3,(H,15,16). The molecule has 2 aliphatic rings. The summed E-state index contributed by atoms with van der Waals surface area (Å²) in [6.07, 6.45) is 4.23. The smallest absolute Gasteiger partial charge is 0.227 e. The molecule has 92 valence electrons. The minimum absolute atomic E-state index is 0.118. The highest BCUT2D eigenvalue weighted by Gasteiger charge is 2.49. The fraction of sp³-hybridized carbons (Fsp3) is 0.923. The molecular formula is C13H24N2O. The van der Waals surface area contributed by atoms with Crippen LogP contribution in [0.2, 0.25) is 0 Å². The minimum atomic E-state index is -0.118. The van der Waals surface area contributed by atoms with E-state index < -0.39 is 0 Å². The predicted molar refractivity (Wildman–Crippen MR) is 65.2 cm³/mol. The molecule has 3 heteroatoms. The fourth-order valence-corrected chi connectivity index (χ4v) is 2.77. The van der Waals surface area contributed by atoms with E-state index in [-0.39, 0.29) is 11.3 Å². The molecule has 1 saturated heterocycles. The van der Waals surface area contributed by atoms with Crippen molar-refractivity contribution in [3.8, 4) is 0 Å². The molecule has 16 heavy (non-hydrogen) atoms. The predicted octanol–water partition coefficient (Wildman–Crippen LogP) is 1.68. The molecule has 2 N–H and O–H groups in total. The number of carbonyl (C=O) groups excluding carboxylic acids is 1. The summed E-state index contributed by atoms with van der Waals surface area (Å²) >= 11 is 0. The minimum Gasteiger partial charge on any atom is -0.352 e. The Morgan fingerprint density at radius 2 is 2.19 bits per heavy atom. The Kier molecular flexibility index (Phi) is 2.99. The van der Waals surface area contributed by atoms with E-state index in [9.17, 15) is 4.79 Å². The number of nitrogens with one attached hydrogen (secondary N) is 2. The third-order valence-electron chi connectivity index (χ3n) is 4.27. The van der Waals surface area contributed by atoms with Crippen LogP contribution in [0.25, 0.3) is 0 Å². The Balaban J connectivity index is 1.95. The Hall–Kier alpha value is -0.570. The van der Waals surface area contributed by atoms with Gasteiger partial charge in [0.15, 0.2) is 0 Å². The molecule has 2 atom stereocenters. The van der Waals surface area contributed by atoms with Gasteiger partial charge < -0.3 is 10.6 Å². The van der Waals surface area contributed by atoms with Crippen LogP contribution in [-0.4, -0.2) is 25.0 Å². The first-order chi connectivity index (χ1) is 7.50. The first-order valence-electron chi connectivity index (χ1n) is 6.52. The zero-order valence-corrected chi connectivity index (χ0v) is 10.7. The van der Waals surface area contributed by atoms with Gasteiger partial charge in [-0.25, -0.2) is 0 Å². The molecule has 0 bridgehead atoms. The molecule has 1 amide bonds. The molecule has 2 unspecified atom stereocenters. The van der Waals surface area contributed by atoms with Gasteiger partial charge in [-0.1, -0.05) is 27.2 Å². The molecule has 0 radical (unpaired) electrons. The Morgan fingerprint density at radius 3 is 2.62 bits per heavy atom. The number of hydrogen-bond acceptors (Lipinski definition) is 2. The zero-order chi connectivity index (χ0) is 11.8. The summed E-state index contributed by atoms with van der Waals surface area (Å²) in [6, 6.07) is 0.411. The first kappa shape index (κ1) is 11.9. The highest BCUT2D eigenvalue weighted by Crippen LogP contribution is 2.45. The zero-order valence-electron chi connectivity index (χ0n) is 10.7. The van der Waals surface area contributed by atoms with Crippen molar-refractivity contribution in [1.29, 1.82) is 0 Å². The Bertz CT molecular complexity index is 280. The quantitative estimate of drug-likeness (QED) is 0.763.